The van der Waals surface area contributed by atoms with Crippen LogP contribution in [0.5, 0.6) is 5.75 Å². The first-order chi connectivity index (χ1) is 12.1. The van der Waals surface area contributed by atoms with E-state index in [0.29, 0.717) is 23.5 Å². The van der Waals surface area contributed by atoms with Gasteiger partial charge in [0.05, 0.1) is 11.3 Å². The summed E-state index contributed by atoms with van der Waals surface area (Å²) in [5, 5.41) is 10.2. The van der Waals surface area contributed by atoms with Crippen LogP contribution in [0.1, 0.15) is 17.5 Å². The minimum absolute atomic E-state index is 0.114. The zero-order valence-corrected chi connectivity index (χ0v) is 13.7. The quantitative estimate of drug-likeness (QED) is 0.839. The van der Waals surface area contributed by atoms with E-state index in [-0.39, 0.29) is 17.6 Å². The highest BCUT2D eigenvalue weighted by atomic mass is 19.1. The number of rotatable bonds is 1. The molecule has 5 nitrogen and oxygen atoms in total. The fraction of sp³-hybridized carbons (Fsp3) is 0.263. The number of benzene rings is 2. The summed E-state index contributed by atoms with van der Waals surface area (Å²) in [6.07, 6.45) is 1.39. The highest BCUT2D eigenvalue weighted by Gasteiger charge is 2.25. The van der Waals surface area contributed by atoms with Crippen LogP contribution in [0, 0.1) is 5.82 Å². The van der Waals surface area contributed by atoms with Crippen molar-refractivity contribution in [3.63, 3.8) is 0 Å². The van der Waals surface area contributed by atoms with Crippen molar-refractivity contribution in [3.05, 3.63) is 59.4 Å². The van der Waals surface area contributed by atoms with E-state index in [0.717, 1.165) is 30.9 Å². The lowest BCUT2D eigenvalue weighted by Gasteiger charge is -2.20. The lowest BCUT2D eigenvalue weighted by atomic mass is 10.1. The molecular weight excluding hydrogens is 319 g/mol. The van der Waals surface area contributed by atoms with Crippen molar-refractivity contribution in [2.45, 2.75) is 18.9 Å². The molecule has 3 N–H and O–H groups in total. The highest BCUT2D eigenvalue weighted by molar-refractivity contribution is 6.10. The van der Waals surface area contributed by atoms with Crippen molar-refractivity contribution in [1.29, 1.82) is 0 Å². The fourth-order valence-electron chi connectivity index (χ4n) is 3.26. The molecule has 128 valence electrons. The second-order valence-electron chi connectivity index (χ2n) is 6.43. The zero-order valence-electron chi connectivity index (χ0n) is 13.7. The molecule has 0 spiro atoms. The normalized spacial score (nSPS) is 19.9. The molecular formula is C19H19FN4O. The number of halogens is 1. The Bertz CT molecular complexity index is 877. The van der Waals surface area contributed by atoms with Crippen LogP contribution in [-0.2, 0) is 6.42 Å². The number of phenols is 1. The van der Waals surface area contributed by atoms with Gasteiger partial charge in [0, 0.05) is 25.6 Å². The maximum absolute atomic E-state index is 13.7. The summed E-state index contributed by atoms with van der Waals surface area (Å²) < 4.78 is 13.7. The van der Waals surface area contributed by atoms with Crippen molar-refractivity contribution < 1.29 is 9.50 Å². The van der Waals surface area contributed by atoms with E-state index in [1.54, 1.807) is 24.3 Å². The number of phenolic OH excluding ortho intramolecular Hbond substituents is 1. The SMILES string of the molecule is NC1CCN(C2=NC(c3ccccc3O)=Nc3ccc(F)cc3C2)C1. The molecule has 2 aliphatic rings. The van der Waals surface area contributed by atoms with Gasteiger partial charge in [-0.05, 0) is 42.3 Å². The lowest BCUT2D eigenvalue weighted by Crippen LogP contribution is -2.33. The topological polar surface area (TPSA) is 74.2 Å². The van der Waals surface area contributed by atoms with Gasteiger partial charge in [0.1, 0.15) is 17.4 Å². The summed E-state index contributed by atoms with van der Waals surface area (Å²) in [6, 6.07) is 11.6. The van der Waals surface area contributed by atoms with Crippen molar-refractivity contribution in [2.24, 2.45) is 15.7 Å². The molecule has 0 bridgehead atoms. The predicted molar refractivity (Wildman–Crippen MR) is 96.0 cm³/mol. The van der Waals surface area contributed by atoms with E-state index in [4.69, 9.17) is 10.7 Å². The van der Waals surface area contributed by atoms with Crippen molar-refractivity contribution in [3.8, 4) is 5.75 Å². The number of aliphatic imine (C=N–C) groups is 2. The van der Waals surface area contributed by atoms with E-state index in [1.165, 1.54) is 12.1 Å². The Hall–Kier alpha value is -2.73. The van der Waals surface area contributed by atoms with Crippen LogP contribution in [0.4, 0.5) is 10.1 Å². The Morgan fingerprint density at radius 1 is 1.16 bits per heavy atom. The van der Waals surface area contributed by atoms with Gasteiger partial charge in [0.15, 0.2) is 5.84 Å². The number of nitrogens with zero attached hydrogens (tertiary/aromatic N) is 3. The molecule has 2 aromatic carbocycles. The van der Waals surface area contributed by atoms with Gasteiger partial charge in [0.25, 0.3) is 0 Å². The molecule has 2 aromatic rings. The van der Waals surface area contributed by atoms with Gasteiger partial charge in [-0.3, -0.25) is 0 Å². The number of hydrogen-bond acceptors (Lipinski definition) is 5. The Balaban J connectivity index is 1.83. The van der Waals surface area contributed by atoms with Crippen LogP contribution < -0.4 is 5.73 Å². The number of likely N-dealkylation sites (tertiary alicyclic amines) is 1. The smallest absolute Gasteiger partial charge is 0.165 e. The summed E-state index contributed by atoms with van der Waals surface area (Å²) in [7, 11) is 0. The number of amidine groups is 2. The molecule has 2 aliphatic heterocycles. The molecule has 1 fully saturated rings. The number of hydrogen-bond donors (Lipinski definition) is 2. The third kappa shape index (κ3) is 3.13. The first-order valence-electron chi connectivity index (χ1n) is 8.34. The molecule has 4 rings (SSSR count). The van der Waals surface area contributed by atoms with E-state index < -0.39 is 0 Å². The predicted octanol–water partition coefficient (Wildman–Crippen LogP) is 2.60. The van der Waals surface area contributed by atoms with Crippen molar-refractivity contribution in [1.82, 2.24) is 4.90 Å². The Morgan fingerprint density at radius 2 is 2.00 bits per heavy atom. The van der Waals surface area contributed by atoms with Crippen molar-refractivity contribution in [2.75, 3.05) is 13.1 Å². The second-order valence-corrected chi connectivity index (χ2v) is 6.43. The maximum atomic E-state index is 13.7. The number of fused-ring (bicyclic) bond motifs is 1. The van der Waals surface area contributed by atoms with Gasteiger partial charge in [-0.1, -0.05) is 12.1 Å². The van der Waals surface area contributed by atoms with Gasteiger partial charge >= 0.3 is 0 Å². The largest absolute Gasteiger partial charge is 0.507 e. The summed E-state index contributed by atoms with van der Waals surface area (Å²) in [6.45, 7) is 1.54. The second kappa shape index (κ2) is 6.29. The van der Waals surface area contributed by atoms with Crippen LogP contribution in [0.3, 0.4) is 0 Å². The van der Waals surface area contributed by atoms with Crippen LogP contribution in [0.25, 0.3) is 0 Å². The Kier molecular flexibility index (Phi) is 3.97. The Morgan fingerprint density at radius 3 is 2.76 bits per heavy atom. The van der Waals surface area contributed by atoms with Crippen LogP contribution >= 0.6 is 0 Å². The molecule has 2 heterocycles. The maximum Gasteiger partial charge on any atom is 0.165 e. The van der Waals surface area contributed by atoms with Crippen LogP contribution in [0.15, 0.2) is 52.4 Å². The van der Waals surface area contributed by atoms with Crippen molar-refractivity contribution >= 4 is 17.4 Å². The summed E-state index contributed by atoms with van der Waals surface area (Å²) in [5.41, 5.74) is 8.04. The van der Waals surface area contributed by atoms with Gasteiger partial charge in [-0.25, -0.2) is 14.4 Å². The average Bonchev–Trinajstić information content (AvgIpc) is 2.93. The van der Waals surface area contributed by atoms with Gasteiger partial charge < -0.3 is 15.7 Å². The monoisotopic (exact) mass is 338 g/mol. The van der Waals surface area contributed by atoms with Gasteiger partial charge in [-0.15, -0.1) is 0 Å². The molecule has 1 atom stereocenters. The molecule has 1 unspecified atom stereocenters. The number of nitrogens with two attached hydrogens (primary N) is 1. The number of para-hydroxylation sites is 1. The lowest BCUT2D eigenvalue weighted by molar-refractivity contribution is 0.474. The first-order valence-corrected chi connectivity index (χ1v) is 8.34. The molecule has 1 saturated heterocycles. The molecule has 0 aromatic heterocycles. The highest BCUT2D eigenvalue weighted by Crippen LogP contribution is 2.28. The van der Waals surface area contributed by atoms with Gasteiger partial charge in [0.2, 0.25) is 0 Å². The van der Waals surface area contributed by atoms with E-state index >= 15 is 0 Å². The molecule has 0 saturated carbocycles. The molecule has 0 radical (unpaired) electrons. The summed E-state index contributed by atoms with van der Waals surface area (Å²) in [4.78, 5) is 11.4. The Labute approximate surface area is 145 Å². The third-order valence-electron chi connectivity index (χ3n) is 4.59. The fourth-order valence-corrected chi connectivity index (χ4v) is 3.26. The van der Waals surface area contributed by atoms with Gasteiger partial charge in [-0.2, -0.15) is 0 Å². The molecule has 0 aliphatic carbocycles. The first kappa shape index (κ1) is 15.8. The van der Waals surface area contributed by atoms with E-state index in [9.17, 15) is 9.50 Å². The number of aromatic hydroxyl groups is 1. The zero-order chi connectivity index (χ0) is 17.4. The van der Waals surface area contributed by atoms with Crippen LogP contribution in [0.2, 0.25) is 0 Å². The summed E-state index contributed by atoms with van der Waals surface area (Å²) >= 11 is 0. The molecule has 6 heteroatoms. The third-order valence-corrected chi connectivity index (χ3v) is 4.59. The van der Waals surface area contributed by atoms with Crippen LogP contribution in [-0.4, -0.2) is 40.8 Å². The van der Waals surface area contributed by atoms with E-state index in [1.807, 2.05) is 6.07 Å². The minimum atomic E-state index is -0.294. The summed E-state index contributed by atoms with van der Waals surface area (Å²) in [5.74, 6) is 1.06. The molecule has 0 amide bonds. The molecule has 25 heavy (non-hydrogen) atoms. The minimum Gasteiger partial charge on any atom is -0.507 e. The van der Waals surface area contributed by atoms with E-state index in [2.05, 4.69) is 9.89 Å². The average molecular weight is 338 g/mol. The standard InChI is InChI=1S/C19H19FN4O/c20-13-5-6-16-12(9-13)10-18(24-8-7-14(21)11-24)23-19(22-16)15-3-1-2-4-17(15)25/h1-6,9,14,25H,7-8,10-11,21H2.